The first-order valence-corrected chi connectivity index (χ1v) is 7.60. The zero-order valence-electron chi connectivity index (χ0n) is 12.8. The molecule has 0 spiro atoms. The number of rotatable bonds is 3. The van der Waals surface area contributed by atoms with E-state index in [0.29, 0.717) is 5.69 Å². The molecule has 2 aromatic carbocycles. The van der Waals surface area contributed by atoms with E-state index < -0.39 is 29.7 Å². The van der Waals surface area contributed by atoms with E-state index in [0.717, 1.165) is 10.5 Å². The van der Waals surface area contributed by atoms with E-state index in [1.807, 2.05) is 0 Å². The van der Waals surface area contributed by atoms with Crippen molar-refractivity contribution in [1.29, 1.82) is 0 Å². The summed E-state index contributed by atoms with van der Waals surface area (Å²) in [5, 5.41) is 9.24. The number of halogens is 2. The zero-order chi connectivity index (χ0) is 17.6. The number of carbonyl (C=O) groups is 2. The third kappa shape index (κ3) is 2.55. The van der Waals surface area contributed by atoms with Gasteiger partial charge in [0.15, 0.2) is 12.1 Å². The second-order valence-corrected chi connectivity index (χ2v) is 5.81. The molecule has 126 valence electrons. The lowest BCUT2D eigenvalue weighted by Gasteiger charge is -2.20. The predicted molar refractivity (Wildman–Crippen MR) is 83.3 cm³/mol. The molecule has 8 heteroatoms. The lowest BCUT2D eigenvalue weighted by molar-refractivity contribution is -0.123. The minimum atomic E-state index is -0.919. The summed E-state index contributed by atoms with van der Waals surface area (Å²) < 4.78 is 26.1. The molecule has 25 heavy (non-hydrogen) atoms. The molecule has 0 bridgehead atoms. The van der Waals surface area contributed by atoms with E-state index in [2.05, 4.69) is 10.3 Å². The molecule has 2 aromatic rings. The molecule has 2 heterocycles. The highest BCUT2D eigenvalue weighted by atomic mass is 19.1. The van der Waals surface area contributed by atoms with Crippen LogP contribution >= 0.6 is 0 Å². The minimum Gasteiger partial charge on any atom is -0.271 e. The highest BCUT2D eigenvalue weighted by Gasteiger charge is 2.54. The van der Waals surface area contributed by atoms with E-state index >= 15 is 0 Å². The van der Waals surface area contributed by atoms with Crippen molar-refractivity contribution in [2.45, 2.75) is 18.6 Å². The number of hydrogen-bond donors (Lipinski definition) is 0. The van der Waals surface area contributed by atoms with Gasteiger partial charge in [-0.05, 0) is 42.0 Å². The van der Waals surface area contributed by atoms with Crippen LogP contribution in [0.25, 0.3) is 0 Å². The average molecular weight is 342 g/mol. The van der Waals surface area contributed by atoms with Crippen molar-refractivity contribution in [1.82, 2.24) is 5.01 Å². The first-order chi connectivity index (χ1) is 12.0. The number of hydrogen-bond acceptors (Lipinski definition) is 5. The van der Waals surface area contributed by atoms with Crippen LogP contribution in [0.3, 0.4) is 0 Å². The first-order valence-electron chi connectivity index (χ1n) is 7.60. The highest BCUT2D eigenvalue weighted by Crippen LogP contribution is 2.32. The summed E-state index contributed by atoms with van der Waals surface area (Å²) in [4.78, 5) is 26.2. The Labute approximate surface area is 141 Å². The quantitative estimate of drug-likeness (QED) is 0.805. The summed E-state index contributed by atoms with van der Waals surface area (Å²) in [6.07, 6.45) is 0. The van der Waals surface area contributed by atoms with E-state index in [9.17, 15) is 18.4 Å². The number of amides is 2. The number of carbonyl (C=O) groups excluding carboxylic acids is 2. The molecule has 0 aliphatic carbocycles. The van der Waals surface area contributed by atoms with Crippen molar-refractivity contribution in [3.8, 4) is 0 Å². The number of fused-ring (bicyclic) bond motifs is 1. The van der Waals surface area contributed by atoms with E-state index in [4.69, 9.17) is 0 Å². The average Bonchev–Trinajstić information content (AvgIpc) is 3.12. The highest BCUT2D eigenvalue weighted by molar-refractivity contribution is 6.25. The van der Waals surface area contributed by atoms with Crippen molar-refractivity contribution < 1.29 is 18.4 Å². The first kappa shape index (κ1) is 15.4. The van der Waals surface area contributed by atoms with Gasteiger partial charge in [-0.2, -0.15) is 5.11 Å². The fourth-order valence-corrected chi connectivity index (χ4v) is 2.98. The van der Waals surface area contributed by atoms with E-state index in [1.165, 1.54) is 41.4 Å². The van der Waals surface area contributed by atoms with Crippen LogP contribution in [-0.2, 0) is 16.1 Å². The normalized spacial score (nSPS) is 22.0. The summed E-state index contributed by atoms with van der Waals surface area (Å²) in [5.74, 6) is -1.78. The van der Waals surface area contributed by atoms with Crippen LogP contribution in [0.2, 0.25) is 0 Å². The largest absolute Gasteiger partial charge is 0.271 e. The smallest absolute Gasteiger partial charge is 0.263 e. The van der Waals surface area contributed by atoms with Crippen molar-refractivity contribution in [2.75, 3.05) is 4.90 Å². The summed E-state index contributed by atoms with van der Waals surface area (Å²) in [7, 11) is 0. The summed E-state index contributed by atoms with van der Waals surface area (Å²) >= 11 is 0. The molecule has 6 nitrogen and oxygen atoms in total. The molecule has 0 unspecified atom stereocenters. The third-order valence-electron chi connectivity index (χ3n) is 4.20. The van der Waals surface area contributed by atoms with Crippen LogP contribution in [0.4, 0.5) is 14.5 Å². The summed E-state index contributed by atoms with van der Waals surface area (Å²) in [6, 6.07) is 9.12. The molecule has 0 N–H and O–H groups in total. The molecule has 0 radical (unpaired) electrons. The fraction of sp³-hybridized carbons (Fsp3) is 0.176. The summed E-state index contributed by atoms with van der Waals surface area (Å²) in [6.45, 7) is 0.223. The molecule has 4 rings (SSSR count). The van der Waals surface area contributed by atoms with Crippen molar-refractivity contribution in [3.05, 3.63) is 65.7 Å². The Bertz CT molecular complexity index is 867. The number of benzene rings is 2. The molecule has 2 aliphatic rings. The SMILES string of the molecule is O=C1[C@@H]2N=NN(Cc3ccc(F)cc3)[C@H]2C(=O)N1c1ccc(F)cc1. The van der Waals surface area contributed by atoms with Gasteiger partial charge < -0.3 is 0 Å². The van der Waals surface area contributed by atoms with Crippen molar-refractivity contribution >= 4 is 17.5 Å². The van der Waals surface area contributed by atoms with Gasteiger partial charge in [-0.25, -0.2) is 13.7 Å². The maximum Gasteiger partial charge on any atom is 0.263 e. The molecule has 2 aliphatic heterocycles. The topological polar surface area (TPSA) is 65.3 Å². The minimum absolute atomic E-state index is 0.223. The Morgan fingerprint density at radius 2 is 1.48 bits per heavy atom. The molecule has 2 atom stereocenters. The summed E-state index contributed by atoms with van der Waals surface area (Å²) in [5.41, 5.74) is 1.03. The lowest BCUT2D eigenvalue weighted by Crippen LogP contribution is -2.39. The Morgan fingerprint density at radius 3 is 2.12 bits per heavy atom. The molecule has 1 fully saturated rings. The van der Waals surface area contributed by atoms with E-state index in [-0.39, 0.29) is 12.4 Å². The van der Waals surface area contributed by atoms with Gasteiger partial charge in [0.1, 0.15) is 11.6 Å². The van der Waals surface area contributed by atoms with Crippen LogP contribution in [0.1, 0.15) is 5.56 Å². The van der Waals surface area contributed by atoms with Crippen molar-refractivity contribution in [2.24, 2.45) is 10.3 Å². The Morgan fingerprint density at radius 1 is 0.880 bits per heavy atom. The van der Waals surface area contributed by atoms with Gasteiger partial charge in [-0.15, -0.1) is 0 Å². The van der Waals surface area contributed by atoms with Crippen LogP contribution in [-0.4, -0.2) is 28.9 Å². The van der Waals surface area contributed by atoms with E-state index in [1.54, 1.807) is 12.1 Å². The Kier molecular flexibility index (Phi) is 3.52. The van der Waals surface area contributed by atoms with Gasteiger partial charge in [-0.3, -0.25) is 14.6 Å². The van der Waals surface area contributed by atoms with Gasteiger partial charge in [0.25, 0.3) is 11.8 Å². The van der Waals surface area contributed by atoms with Crippen LogP contribution in [0.15, 0.2) is 58.9 Å². The zero-order valence-corrected chi connectivity index (χ0v) is 12.8. The maximum atomic E-state index is 13.1. The lowest BCUT2D eigenvalue weighted by atomic mass is 10.1. The van der Waals surface area contributed by atoms with Gasteiger partial charge in [0.05, 0.1) is 12.2 Å². The van der Waals surface area contributed by atoms with Crippen LogP contribution in [0, 0.1) is 11.6 Å². The van der Waals surface area contributed by atoms with Crippen molar-refractivity contribution in [3.63, 3.8) is 0 Å². The number of anilines is 1. The predicted octanol–water partition coefficient (Wildman–Crippen LogP) is 2.46. The number of imide groups is 1. The maximum absolute atomic E-state index is 13.1. The second-order valence-electron chi connectivity index (χ2n) is 5.81. The molecular formula is C17H12F2N4O2. The van der Waals surface area contributed by atoms with Gasteiger partial charge >= 0.3 is 0 Å². The van der Waals surface area contributed by atoms with Gasteiger partial charge in [0.2, 0.25) is 0 Å². The monoisotopic (exact) mass is 342 g/mol. The van der Waals surface area contributed by atoms with Gasteiger partial charge in [-0.1, -0.05) is 17.4 Å². The third-order valence-corrected chi connectivity index (χ3v) is 4.20. The molecule has 1 saturated heterocycles. The molecule has 0 aromatic heterocycles. The Hall–Kier alpha value is -3.16. The van der Waals surface area contributed by atoms with Crippen LogP contribution in [0.5, 0.6) is 0 Å². The van der Waals surface area contributed by atoms with Crippen LogP contribution < -0.4 is 4.90 Å². The molecule has 0 saturated carbocycles. The standard InChI is InChI=1S/C17H12F2N4O2/c18-11-3-1-10(2-4-11)9-22-15-14(20-21-22)16(24)23(17(15)25)13-7-5-12(19)6-8-13/h1-8,14-15H,9H2/t14-,15-/m1/s1. The van der Waals surface area contributed by atoms with Gasteiger partial charge in [0, 0.05) is 0 Å². The fourth-order valence-electron chi connectivity index (χ4n) is 2.98. The Balaban J connectivity index is 1.59. The molecule has 2 amide bonds. The number of nitrogens with zero attached hydrogens (tertiary/aromatic N) is 4. The molecular weight excluding hydrogens is 330 g/mol. The second kappa shape index (κ2) is 5.73.